The zero-order valence-electron chi connectivity index (χ0n) is 17.8. The van der Waals surface area contributed by atoms with Crippen LogP contribution in [0.1, 0.15) is 45.3 Å². The fourth-order valence-corrected chi connectivity index (χ4v) is 3.09. The van der Waals surface area contributed by atoms with Crippen molar-refractivity contribution >= 4 is 29.9 Å². The summed E-state index contributed by atoms with van der Waals surface area (Å²) >= 11 is 0. The van der Waals surface area contributed by atoms with E-state index >= 15 is 0 Å². The second kappa shape index (κ2) is 12.5. The van der Waals surface area contributed by atoms with Crippen molar-refractivity contribution in [3.05, 3.63) is 29.8 Å². The molecule has 1 fully saturated rings. The molecule has 1 aliphatic rings. The van der Waals surface area contributed by atoms with Gasteiger partial charge in [-0.1, -0.05) is 12.1 Å². The second-order valence-corrected chi connectivity index (χ2v) is 7.72. The van der Waals surface area contributed by atoms with E-state index in [1.165, 1.54) is 12.8 Å². The maximum Gasteiger partial charge on any atom is 0.191 e. The van der Waals surface area contributed by atoms with Gasteiger partial charge in [0, 0.05) is 19.1 Å². The summed E-state index contributed by atoms with van der Waals surface area (Å²) in [5.74, 6) is 2.34. The number of nitrogens with one attached hydrogen (secondary N) is 2. The zero-order chi connectivity index (χ0) is 19.8. The van der Waals surface area contributed by atoms with E-state index in [0.29, 0.717) is 12.6 Å². The average Bonchev–Trinajstić information content (AvgIpc) is 3.44. The normalized spacial score (nSPS) is 16.5. The molecule has 7 heteroatoms. The first-order valence-electron chi connectivity index (χ1n) is 10.0. The third-order valence-corrected chi connectivity index (χ3v) is 4.71. The minimum Gasteiger partial charge on any atom is -0.491 e. The lowest BCUT2D eigenvalue weighted by atomic mass is 10.1. The molecule has 0 spiro atoms. The monoisotopic (exact) mass is 504 g/mol. The van der Waals surface area contributed by atoms with E-state index in [0.717, 1.165) is 36.3 Å². The first-order chi connectivity index (χ1) is 12.9. The Kier molecular flexibility index (Phi) is 11.1. The predicted octanol–water partition coefficient (Wildman–Crippen LogP) is 3.02. The first-order valence-corrected chi connectivity index (χ1v) is 10.0. The largest absolute Gasteiger partial charge is 0.491 e. The summed E-state index contributed by atoms with van der Waals surface area (Å²) in [6.07, 6.45) is 2.15. The summed E-state index contributed by atoms with van der Waals surface area (Å²) in [4.78, 5) is 6.99. The molecule has 0 bridgehead atoms. The molecule has 0 radical (unpaired) electrons. The Morgan fingerprint density at radius 1 is 1.21 bits per heavy atom. The van der Waals surface area contributed by atoms with E-state index in [4.69, 9.17) is 9.73 Å². The van der Waals surface area contributed by atoms with Crippen LogP contribution in [0.3, 0.4) is 0 Å². The Balaban J connectivity index is 0.00000392. The Bertz CT molecular complexity index is 587. The highest BCUT2D eigenvalue weighted by atomic mass is 127. The summed E-state index contributed by atoms with van der Waals surface area (Å²) in [5, 5.41) is 17.0. The van der Waals surface area contributed by atoms with Gasteiger partial charge in [-0.3, -0.25) is 4.99 Å². The third-order valence-electron chi connectivity index (χ3n) is 4.71. The number of halogens is 1. The van der Waals surface area contributed by atoms with Crippen molar-refractivity contribution in [3.8, 4) is 5.75 Å². The average molecular weight is 504 g/mol. The van der Waals surface area contributed by atoms with Gasteiger partial charge in [0.2, 0.25) is 0 Å². The van der Waals surface area contributed by atoms with Crippen molar-refractivity contribution < 1.29 is 9.84 Å². The van der Waals surface area contributed by atoms with Gasteiger partial charge in [-0.05, 0) is 71.3 Å². The molecule has 1 aliphatic carbocycles. The minimum atomic E-state index is -0.602. The van der Waals surface area contributed by atoms with E-state index in [2.05, 4.69) is 29.6 Å². The van der Waals surface area contributed by atoms with E-state index in [1.807, 2.05) is 45.0 Å². The molecule has 1 aromatic rings. The molecule has 0 amide bonds. The summed E-state index contributed by atoms with van der Waals surface area (Å²) in [6.45, 7) is 8.01. The number of ether oxygens (including phenoxy) is 1. The smallest absolute Gasteiger partial charge is 0.191 e. The summed E-state index contributed by atoms with van der Waals surface area (Å²) < 4.78 is 5.65. The molecule has 0 saturated heterocycles. The Labute approximate surface area is 187 Å². The summed E-state index contributed by atoms with van der Waals surface area (Å²) in [6, 6.07) is 8.09. The molecule has 160 valence electrons. The van der Waals surface area contributed by atoms with E-state index in [-0.39, 0.29) is 30.1 Å². The maximum atomic E-state index is 10.5. The van der Waals surface area contributed by atoms with Gasteiger partial charge in [0.05, 0.1) is 18.8 Å². The molecular weight excluding hydrogens is 467 g/mol. The lowest BCUT2D eigenvalue weighted by Gasteiger charge is -2.23. The highest BCUT2D eigenvalue weighted by Crippen LogP contribution is 2.34. The molecule has 28 heavy (non-hydrogen) atoms. The number of guanidine groups is 1. The van der Waals surface area contributed by atoms with Gasteiger partial charge in [0.15, 0.2) is 5.96 Å². The van der Waals surface area contributed by atoms with Crippen LogP contribution in [0.4, 0.5) is 0 Å². The quantitative estimate of drug-likeness (QED) is 0.260. The molecule has 6 nitrogen and oxygen atoms in total. The van der Waals surface area contributed by atoms with Crippen molar-refractivity contribution in [2.75, 3.05) is 33.7 Å². The van der Waals surface area contributed by atoms with Crippen LogP contribution in [0.15, 0.2) is 29.3 Å². The molecule has 3 N–H and O–H groups in total. The predicted molar refractivity (Wildman–Crippen MR) is 127 cm³/mol. The zero-order valence-corrected chi connectivity index (χ0v) is 20.1. The number of benzene rings is 1. The molecule has 1 saturated carbocycles. The van der Waals surface area contributed by atoms with Gasteiger partial charge >= 0.3 is 0 Å². The van der Waals surface area contributed by atoms with Crippen LogP contribution in [0.25, 0.3) is 0 Å². The molecule has 2 rings (SSSR count). The van der Waals surface area contributed by atoms with Gasteiger partial charge in [-0.25, -0.2) is 0 Å². The summed E-state index contributed by atoms with van der Waals surface area (Å²) in [7, 11) is 4.24. The standard InChI is InChI=1S/C21H36N4O2.HI/c1-6-22-21(23-13-19(25(4)5)16-7-8-16)24-14-20(26)17-9-11-18(12-10-17)27-15(2)3;/h9-12,15-16,19-20,26H,6-8,13-14H2,1-5H3,(H2,22,23,24);1H. The van der Waals surface area contributed by atoms with Crippen LogP contribution in [-0.4, -0.2) is 61.8 Å². The van der Waals surface area contributed by atoms with Crippen molar-refractivity contribution in [2.45, 2.75) is 51.9 Å². The van der Waals surface area contributed by atoms with Crippen LogP contribution in [0.2, 0.25) is 0 Å². The number of aliphatic imine (C=N–C) groups is 1. The van der Waals surface area contributed by atoms with Gasteiger partial charge in [0.1, 0.15) is 5.75 Å². The highest BCUT2D eigenvalue weighted by molar-refractivity contribution is 14.0. The molecule has 1 aromatic carbocycles. The van der Waals surface area contributed by atoms with Crippen LogP contribution >= 0.6 is 24.0 Å². The van der Waals surface area contributed by atoms with Gasteiger partial charge < -0.3 is 25.4 Å². The van der Waals surface area contributed by atoms with Crippen molar-refractivity contribution in [1.29, 1.82) is 0 Å². The van der Waals surface area contributed by atoms with E-state index in [9.17, 15) is 5.11 Å². The number of aliphatic hydroxyl groups excluding tert-OH is 1. The highest BCUT2D eigenvalue weighted by Gasteiger charge is 2.32. The number of nitrogens with zero attached hydrogens (tertiary/aromatic N) is 2. The Hall–Kier alpha value is -1.06. The van der Waals surface area contributed by atoms with Crippen molar-refractivity contribution in [2.24, 2.45) is 10.9 Å². The second-order valence-electron chi connectivity index (χ2n) is 7.72. The maximum absolute atomic E-state index is 10.5. The molecule has 0 aliphatic heterocycles. The third kappa shape index (κ3) is 8.53. The SMILES string of the molecule is CCNC(=NCC(C1CC1)N(C)C)NCC(O)c1ccc(OC(C)C)cc1.I. The molecule has 2 atom stereocenters. The van der Waals surface area contributed by atoms with Gasteiger partial charge in [-0.15, -0.1) is 24.0 Å². The number of hydrogen-bond donors (Lipinski definition) is 3. The summed E-state index contributed by atoms with van der Waals surface area (Å²) in [5.41, 5.74) is 0.860. The topological polar surface area (TPSA) is 69.1 Å². The number of hydrogen-bond acceptors (Lipinski definition) is 4. The van der Waals surface area contributed by atoms with E-state index in [1.54, 1.807) is 0 Å². The van der Waals surface area contributed by atoms with Crippen LogP contribution in [0.5, 0.6) is 5.75 Å². The molecule has 0 aromatic heterocycles. The fraction of sp³-hybridized carbons (Fsp3) is 0.667. The van der Waals surface area contributed by atoms with Gasteiger partial charge in [0.25, 0.3) is 0 Å². The lowest BCUT2D eigenvalue weighted by Crippen LogP contribution is -2.41. The van der Waals surface area contributed by atoms with Crippen molar-refractivity contribution in [1.82, 2.24) is 15.5 Å². The Morgan fingerprint density at radius 3 is 2.36 bits per heavy atom. The van der Waals surface area contributed by atoms with Crippen LogP contribution < -0.4 is 15.4 Å². The number of likely N-dealkylation sites (N-methyl/N-ethyl adjacent to an activating group) is 1. The number of aliphatic hydroxyl groups is 1. The van der Waals surface area contributed by atoms with Crippen molar-refractivity contribution in [3.63, 3.8) is 0 Å². The lowest BCUT2D eigenvalue weighted by molar-refractivity contribution is 0.180. The minimum absolute atomic E-state index is 0. The number of rotatable bonds is 10. The molecule has 0 heterocycles. The molecule has 2 unspecified atom stereocenters. The molecular formula is C21H37IN4O2. The Morgan fingerprint density at radius 2 is 1.86 bits per heavy atom. The fourth-order valence-electron chi connectivity index (χ4n) is 3.09. The van der Waals surface area contributed by atoms with Crippen LogP contribution in [0, 0.1) is 5.92 Å². The first kappa shape index (κ1) is 25.0. The van der Waals surface area contributed by atoms with Gasteiger partial charge in [-0.2, -0.15) is 0 Å². The van der Waals surface area contributed by atoms with E-state index < -0.39 is 6.10 Å². The van der Waals surface area contributed by atoms with Crippen LogP contribution in [-0.2, 0) is 0 Å².